The predicted octanol–water partition coefficient (Wildman–Crippen LogP) is 12.7. The second-order valence-electron chi connectivity index (χ2n) is 14.7. The summed E-state index contributed by atoms with van der Waals surface area (Å²) in [4.78, 5) is 2.44. The number of hydrogen-bond acceptors (Lipinski definition) is 2. The standard InChI is InChI=1S/C47H46ClNO/c1-32-20-22-34-14-10-12-18-39(34)43(32)46(3,4)33(2)21-23-36-24-25-37(45(36)48)27-29-42-47(5,6)44-40-19-13-11-15-35(40)26-28-41(44)49(42)30-31-50-38-16-8-7-9-17-38/h7-23,26-29H,2,24-25,30-31H2,1,3-6H3/b23-21+,37-27+,42-29+. The molecule has 1 aliphatic heterocycles. The van der Waals surface area contributed by atoms with Crippen LogP contribution < -0.4 is 9.64 Å². The lowest BCUT2D eigenvalue weighted by molar-refractivity contribution is 0.326. The van der Waals surface area contributed by atoms with Crippen LogP contribution >= 0.6 is 11.6 Å². The number of rotatable bonds is 9. The normalized spacial score (nSPS) is 17.5. The van der Waals surface area contributed by atoms with Crippen molar-refractivity contribution in [1.82, 2.24) is 0 Å². The molecule has 2 nitrogen and oxygen atoms in total. The maximum absolute atomic E-state index is 7.14. The van der Waals surface area contributed by atoms with Crippen molar-refractivity contribution in [2.75, 3.05) is 18.1 Å². The first-order chi connectivity index (χ1) is 24.1. The summed E-state index contributed by atoms with van der Waals surface area (Å²) in [5.74, 6) is 0.888. The van der Waals surface area contributed by atoms with Crippen molar-refractivity contribution in [2.24, 2.45) is 0 Å². The maximum Gasteiger partial charge on any atom is 0.119 e. The van der Waals surface area contributed by atoms with E-state index in [1.807, 2.05) is 30.3 Å². The number of ether oxygens (including phenoxy) is 1. The topological polar surface area (TPSA) is 12.5 Å². The molecule has 1 aliphatic carbocycles. The number of halogens is 1. The summed E-state index contributed by atoms with van der Waals surface area (Å²) in [5.41, 5.74) is 9.43. The van der Waals surface area contributed by atoms with Gasteiger partial charge in [0.05, 0.1) is 6.54 Å². The monoisotopic (exact) mass is 675 g/mol. The first-order valence-corrected chi connectivity index (χ1v) is 18.1. The molecule has 252 valence electrons. The average Bonchev–Trinajstić information content (AvgIpc) is 3.58. The summed E-state index contributed by atoms with van der Waals surface area (Å²) in [7, 11) is 0. The zero-order valence-electron chi connectivity index (χ0n) is 29.9. The molecule has 7 rings (SSSR count). The van der Waals surface area contributed by atoms with Gasteiger partial charge in [-0.15, -0.1) is 0 Å². The second-order valence-corrected chi connectivity index (χ2v) is 15.0. The average molecular weight is 676 g/mol. The van der Waals surface area contributed by atoms with Crippen LogP contribution in [0, 0.1) is 6.92 Å². The fourth-order valence-corrected chi connectivity index (χ4v) is 8.33. The first kappa shape index (κ1) is 33.7. The van der Waals surface area contributed by atoms with Gasteiger partial charge in [0.25, 0.3) is 0 Å². The van der Waals surface area contributed by atoms with Crippen LogP contribution in [0.4, 0.5) is 5.69 Å². The van der Waals surface area contributed by atoms with Gasteiger partial charge < -0.3 is 9.64 Å². The van der Waals surface area contributed by atoms with Crippen molar-refractivity contribution in [1.29, 1.82) is 0 Å². The third-order valence-corrected chi connectivity index (χ3v) is 11.3. The molecule has 0 bridgehead atoms. The number of nitrogens with zero attached hydrogens (tertiary/aromatic N) is 1. The highest BCUT2D eigenvalue weighted by molar-refractivity contribution is 6.33. The molecule has 5 aromatic rings. The van der Waals surface area contributed by atoms with Crippen molar-refractivity contribution in [3.63, 3.8) is 0 Å². The van der Waals surface area contributed by atoms with E-state index in [1.54, 1.807) is 0 Å². The third kappa shape index (κ3) is 6.11. The van der Waals surface area contributed by atoms with Crippen LogP contribution in [0.25, 0.3) is 21.5 Å². The third-order valence-electron chi connectivity index (χ3n) is 10.8. The highest BCUT2D eigenvalue weighted by Gasteiger charge is 2.41. The van der Waals surface area contributed by atoms with Gasteiger partial charge in [-0.2, -0.15) is 0 Å². The summed E-state index contributed by atoms with van der Waals surface area (Å²) < 4.78 is 6.19. The molecule has 0 fully saturated rings. The molecule has 5 aromatic carbocycles. The molecular formula is C47H46ClNO. The number of aryl methyl sites for hydroxylation is 1. The lowest BCUT2D eigenvalue weighted by Gasteiger charge is -2.30. The SMILES string of the molecule is C=C(/C=C/C1=C(Cl)C(=C/C=C2/N(CCOc3ccccc3)c3ccc4ccccc4c3C2(C)C)/CC1)C(C)(C)c1c(C)ccc2ccccc12. The Morgan fingerprint density at radius 2 is 1.50 bits per heavy atom. The smallest absolute Gasteiger partial charge is 0.119 e. The number of para-hydroxylation sites is 1. The van der Waals surface area contributed by atoms with Crippen molar-refractivity contribution in [2.45, 2.75) is 58.3 Å². The highest BCUT2D eigenvalue weighted by Crippen LogP contribution is 2.51. The van der Waals surface area contributed by atoms with Crippen LogP contribution in [-0.4, -0.2) is 13.2 Å². The van der Waals surface area contributed by atoms with Crippen LogP contribution in [0.1, 0.15) is 57.2 Å². The van der Waals surface area contributed by atoms with Crippen molar-refractivity contribution in [3.8, 4) is 5.75 Å². The van der Waals surface area contributed by atoms with Gasteiger partial charge in [-0.05, 0) is 99.0 Å². The minimum Gasteiger partial charge on any atom is -0.492 e. The minimum atomic E-state index is -0.239. The predicted molar refractivity (Wildman–Crippen MR) is 215 cm³/mol. The zero-order valence-corrected chi connectivity index (χ0v) is 30.6. The molecule has 2 aliphatic rings. The van der Waals surface area contributed by atoms with Gasteiger partial charge in [-0.3, -0.25) is 0 Å². The van der Waals surface area contributed by atoms with E-state index in [9.17, 15) is 0 Å². The fraction of sp³-hybridized carbons (Fsp3) is 0.234. The van der Waals surface area contributed by atoms with Gasteiger partial charge in [-0.25, -0.2) is 0 Å². The molecule has 1 heterocycles. The molecule has 0 atom stereocenters. The molecule has 0 saturated heterocycles. The summed E-state index contributed by atoms with van der Waals surface area (Å²) in [5, 5.41) is 5.95. The molecular weight excluding hydrogens is 630 g/mol. The zero-order chi connectivity index (χ0) is 35.0. The van der Waals surface area contributed by atoms with E-state index in [2.05, 4.69) is 143 Å². The van der Waals surface area contributed by atoms with Gasteiger partial charge in [0.15, 0.2) is 0 Å². The van der Waals surface area contributed by atoms with Crippen molar-refractivity contribution < 1.29 is 4.74 Å². The van der Waals surface area contributed by atoms with Gasteiger partial charge in [0.1, 0.15) is 12.4 Å². The number of hydrogen-bond donors (Lipinski definition) is 0. The van der Waals surface area contributed by atoms with Gasteiger partial charge in [0.2, 0.25) is 0 Å². The Morgan fingerprint density at radius 3 is 2.26 bits per heavy atom. The molecule has 3 heteroatoms. The van der Waals surface area contributed by atoms with Crippen molar-refractivity contribution >= 4 is 38.8 Å². The molecule has 0 saturated carbocycles. The Bertz CT molecular complexity index is 2230. The molecule has 0 N–H and O–H groups in total. The largest absolute Gasteiger partial charge is 0.492 e. The number of fused-ring (bicyclic) bond motifs is 4. The van der Waals surface area contributed by atoms with E-state index in [-0.39, 0.29) is 10.8 Å². The molecule has 50 heavy (non-hydrogen) atoms. The van der Waals surface area contributed by atoms with Gasteiger partial charge in [-0.1, -0.05) is 149 Å². The second kappa shape index (κ2) is 13.5. The van der Waals surface area contributed by atoms with Gasteiger partial charge in [0, 0.05) is 27.2 Å². The first-order valence-electron chi connectivity index (χ1n) is 17.7. The Kier molecular flexibility index (Phi) is 9.09. The lowest BCUT2D eigenvalue weighted by atomic mass is 9.74. The summed E-state index contributed by atoms with van der Waals surface area (Å²) in [6.45, 7) is 17.3. The van der Waals surface area contributed by atoms with E-state index >= 15 is 0 Å². The minimum absolute atomic E-state index is 0.208. The van der Waals surface area contributed by atoms with Crippen LogP contribution in [-0.2, 0) is 10.8 Å². The maximum atomic E-state index is 7.14. The quantitative estimate of drug-likeness (QED) is 0.144. The Hall–Kier alpha value is -4.79. The Labute approximate surface area is 302 Å². The molecule has 0 radical (unpaired) electrons. The van der Waals surface area contributed by atoms with E-state index < -0.39 is 0 Å². The van der Waals surface area contributed by atoms with Crippen LogP contribution in [0.15, 0.2) is 161 Å². The fourth-order valence-electron chi connectivity index (χ4n) is 8.02. The molecule has 0 unspecified atom stereocenters. The lowest BCUT2D eigenvalue weighted by Crippen LogP contribution is -2.29. The Balaban J connectivity index is 1.18. The molecule has 0 amide bonds. The number of allylic oxidation sites excluding steroid dienone is 9. The Morgan fingerprint density at radius 1 is 0.840 bits per heavy atom. The number of benzene rings is 5. The van der Waals surface area contributed by atoms with E-state index in [1.165, 1.54) is 55.2 Å². The van der Waals surface area contributed by atoms with Crippen LogP contribution in [0.3, 0.4) is 0 Å². The van der Waals surface area contributed by atoms with Crippen LogP contribution in [0.2, 0.25) is 0 Å². The number of anilines is 1. The van der Waals surface area contributed by atoms with Crippen molar-refractivity contribution in [3.05, 3.63) is 178 Å². The van der Waals surface area contributed by atoms with E-state index in [0.29, 0.717) is 6.61 Å². The van der Waals surface area contributed by atoms with E-state index in [4.69, 9.17) is 16.3 Å². The summed E-state index contributed by atoms with van der Waals surface area (Å²) in [6.07, 6.45) is 10.7. The summed E-state index contributed by atoms with van der Waals surface area (Å²) in [6, 6.07) is 36.4. The van der Waals surface area contributed by atoms with E-state index in [0.717, 1.165) is 41.3 Å². The summed E-state index contributed by atoms with van der Waals surface area (Å²) >= 11 is 7.14. The molecule has 0 aromatic heterocycles. The van der Waals surface area contributed by atoms with Crippen LogP contribution in [0.5, 0.6) is 5.75 Å². The highest BCUT2D eigenvalue weighted by atomic mass is 35.5. The molecule has 0 spiro atoms. The van der Waals surface area contributed by atoms with Gasteiger partial charge >= 0.3 is 0 Å².